The van der Waals surface area contributed by atoms with Crippen LogP contribution < -0.4 is 15.8 Å². The summed E-state index contributed by atoms with van der Waals surface area (Å²) in [5.74, 6) is 1.40. The number of hydrogen-bond acceptors (Lipinski definition) is 2. The quantitative estimate of drug-likeness (QED) is 0.430. The zero-order valence-corrected chi connectivity index (χ0v) is 12.0. The normalized spacial score (nSPS) is 11.4. The van der Waals surface area contributed by atoms with Crippen molar-refractivity contribution in [3.8, 4) is 5.75 Å². The van der Waals surface area contributed by atoms with Gasteiger partial charge in [0.1, 0.15) is 5.75 Å². The maximum Gasteiger partial charge on any atom is 0.188 e. The first kappa shape index (κ1) is 15.3. The van der Waals surface area contributed by atoms with Gasteiger partial charge in [-0.25, -0.2) is 4.99 Å². The molecule has 19 heavy (non-hydrogen) atoms. The molecule has 0 saturated carbocycles. The highest BCUT2D eigenvalue weighted by Crippen LogP contribution is 2.14. The van der Waals surface area contributed by atoms with E-state index in [1.165, 1.54) is 0 Å². The van der Waals surface area contributed by atoms with Crippen LogP contribution in [0.3, 0.4) is 0 Å². The lowest BCUT2D eigenvalue weighted by Crippen LogP contribution is -2.32. The van der Waals surface area contributed by atoms with Gasteiger partial charge in [-0.15, -0.1) is 0 Å². The standard InChI is InChI=1S/C15H25N3O/c1-3-5-10-19-14-8-6-7-13(11-14)12-18-15(16)17-9-4-2/h6-8,11H,3-5,9-10,12H2,1-2H3,(H3,16,17,18). The molecular weight excluding hydrogens is 238 g/mol. The highest BCUT2D eigenvalue weighted by atomic mass is 16.5. The third kappa shape index (κ3) is 6.70. The summed E-state index contributed by atoms with van der Waals surface area (Å²) in [5, 5.41) is 3.06. The van der Waals surface area contributed by atoms with Gasteiger partial charge < -0.3 is 15.8 Å². The number of ether oxygens (including phenoxy) is 1. The van der Waals surface area contributed by atoms with E-state index in [9.17, 15) is 0 Å². The van der Waals surface area contributed by atoms with Crippen LogP contribution in [0, 0.1) is 0 Å². The molecule has 0 aromatic heterocycles. The molecule has 1 rings (SSSR count). The second-order valence-electron chi connectivity index (χ2n) is 4.48. The van der Waals surface area contributed by atoms with Crippen LogP contribution in [0.4, 0.5) is 0 Å². The van der Waals surface area contributed by atoms with E-state index < -0.39 is 0 Å². The lowest BCUT2D eigenvalue weighted by molar-refractivity contribution is 0.309. The van der Waals surface area contributed by atoms with Crippen molar-refractivity contribution in [3.05, 3.63) is 29.8 Å². The van der Waals surface area contributed by atoms with E-state index in [2.05, 4.69) is 24.2 Å². The summed E-state index contributed by atoms with van der Waals surface area (Å²) >= 11 is 0. The number of nitrogens with one attached hydrogen (secondary N) is 1. The van der Waals surface area contributed by atoms with Crippen LogP contribution in [0.15, 0.2) is 29.3 Å². The van der Waals surface area contributed by atoms with E-state index in [0.29, 0.717) is 12.5 Å². The lowest BCUT2D eigenvalue weighted by Gasteiger charge is -2.07. The number of nitrogens with two attached hydrogens (primary N) is 1. The summed E-state index contributed by atoms with van der Waals surface area (Å²) < 4.78 is 5.66. The van der Waals surface area contributed by atoms with Crippen LogP contribution in [-0.4, -0.2) is 19.1 Å². The minimum absolute atomic E-state index is 0.499. The summed E-state index contributed by atoms with van der Waals surface area (Å²) in [7, 11) is 0. The van der Waals surface area contributed by atoms with Crippen molar-refractivity contribution < 1.29 is 4.74 Å². The Bertz CT molecular complexity index is 391. The molecule has 0 heterocycles. The monoisotopic (exact) mass is 263 g/mol. The molecule has 0 unspecified atom stereocenters. The summed E-state index contributed by atoms with van der Waals surface area (Å²) in [4.78, 5) is 4.30. The maximum absolute atomic E-state index is 5.75. The van der Waals surface area contributed by atoms with Gasteiger partial charge in [-0.3, -0.25) is 0 Å². The Balaban J connectivity index is 2.47. The molecule has 0 aliphatic heterocycles. The number of hydrogen-bond donors (Lipinski definition) is 2. The zero-order valence-electron chi connectivity index (χ0n) is 12.0. The minimum Gasteiger partial charge on any atom is -0.494 e. The summed E-state index contributed by atoms with van der Waals surface area (Å²) in [6.45, 7) is 6.45. The van der Waals surface area contributed by atoms with Crippen molar-refractivity contribution in [2.75, 3.05) is 13.2 Å². The molecule has 0 radical (unpaired) electrons. The van der Waals surface area contributed by atoms with E-state index >= 15 is 0 Å². The second kappa shape index (κ2) is 9.25. The van der Waals surface area contributed by atoms with Gasteiger partial charge in [0.05, 0.1) is 13.2 Å². The fourth-order valence-electron chi connectivity index (χ4n) is 1.55. The smallest absolute Gasteiger partial charge is 0.188 e. The number of rotatable bonds is 8. The van der Waals surface area contributed by atoms with E-state index in [4.69, 9.17) is 10.5 Å². The fourth-order valence-corrected chi connectivity index (χ4v) is 1.55. The van der Waals surface area contributed by atoms with Crippen molar-refractivity contribution in [2.45, 2.75) is 39.7 Å². The molecule has 0 fully saturated rings. The third-order valence-electron chi connectivity index (χ3n) is 2.65. The van der Waals surface area contributed by atoms with Gasteiger partial charge in [0.2, 0.25) is 0 Å². The number of unbranched alkanes of at least 4 members (excludes halogenated alkanes) is 1. The van der Waals surface area contributed by atoms with Crippen molar-refractivity contribution in [2.24, 2.45) is 10.7 Å². The van der Waals surface area contributed by atoms with Gasteiger partial charge in [0.25, 0.3) is 0 Å². The SMILES string of the molecule is CCCCOc1cccc(CN=C(N)NCCC)c1. The summed E-state index contributed by atoms with van der Waals surface area (Å²) in [5.41, 5.74) is 6.86. The molecule has 3 N–H and O–H groups in total. The van der Waals surface area contributed by atoms with Crippen molar-refractivity contribution in [1.82, 2.24) is 5.32 Å². The molecule has 4 nitrogen and oxygen atoms in total. The van der Waals surface area contributed by atoms with Crippen LogP contribution in [0.2, 0.25) is 0 Å². The first-order valence-corrected chi connectivity index (χ1v) is 7.01. The minimum atomic E-state index is 0.499. The first-order valence-electron chi connectivity index (χ1n) is 7.01. The van der Waals surface area contributed by atoms with Gasteiger partial charge in [-0.1, -0.05) is 32.4 Å². The summed E-state index contributed by atoms with van der Waals surface area (Å²) in [6, 6.07) is 8.01. The van der Waals surface area contributed by atoms with Gasteiger partial charge in [-0.05, 0) is 30.5 Å². The maximum atomic E-state index is 5.75. The summed E-state index contributed by atoms with van der Waals surface area (Å²) in [6.07, 6.45) is 3.26. The van der Waals surface area contributed by atoms with Gasteiger partial charge in [0.15, 0.2) is 5.96 Å². The largest absolute Gasteiger partial charge is 0.494 e. The zero-order chi connectivity index (χ0) is 13.9. The Morgan fingerprint density at radius 2 is 2.16 bits per heavy atom. The van der Waals surface area contributed by atoms with E-state index in [1.54, 1.807) is 0 Å². The van der Waals surface area contributed by atoms with Crippen LogP contribution >= 0.6 is 0 Å². The molecule has 106 valence electrons. The molecular formula is C15H25N3O. The molecule has 0 bridgehead atoms. The molecule has 0 saturated heterocycles. The highest BCUT2D eigenvalue weighted by Gasteiger charge is 1.97. The average Bonchev–Trinajstić information content (AvgIpc) is 2.44. The van der Waals surface area contributed by atoms with E-state index in [-0.39, 0.29) is 0 Å². The van der Waals surface area contributed by atoms with Crippen LogP contribution in [0.1, 0.15) is 38.7 Å². The Labute approximate surface area is 116 Å². The van der Waals surface area contributed by atoms with Gasteiger partial charge in [0, 0.05) is 6.54 Å². The number of aliphatic imine (C=N–C) groups is 1. The van der Waals surface area contributed by atoms with Crippen molar-refractivity contribution in [3.63, 3.8) is 0 Å². The molecule has 0 spiro atoms. The predicted molar refractivity (Wildman–Crippen MR) is 80.5 cm³/mol. The predicted octanol–water partition coefficient (Wildman–Crippen LogP) is 2.68. The van der Waals surface area contributed by atoms with Gasteiger partial charge in [-0.2, -0.15) is 0 Å². The topological polar surface area (TPSA) is 59.6 Å². The Morgan fingerprint density at radius 1 is 1.32 bits per heavy atom. The molecule has 0 aliphatic carbocycles. The highest BCUT2D eigenvalue weighted by molar-refractivity contribution is 5.77. The lowest BCUT2D eigenvalue weighted by atomic mass is 10.2. The average molecular weight is 263 g/mol. The fraction of sp³-hybridized carbons (Fsp3) is 0.533. The molecule has 0 amide bonds. The molecule has 4 heteroatoms. The molecule has 0 atom stereocenters. The molecule has 0 aliphatic rings. The van der Waals surface area contributed by atoms with Crippen LogP contribution in [0.5, 0.6) is 5.75 Å². The number of nitrogens with zero attached hydrogens (tertiary/aromatic N) is 1. The Morgan fingerprint density at radius 3 is 2.89 bits per heavy atom. The molecule has 1 aromatic rings. The van der Waals surface area contributed by atoms with Crippen molar-refractivity contribution >= 4 is 5.96 Å². The van der Waals surface area contributed by atoms with E-state index in [0.717, 1.165) is 43.7 Å². The number of guanidine groups is 1. The van der Waals surface area contributed by atoms with E-state index in [1.807, 2.05) is 24.3 Å². The first-order chi connectivity index (χ1) is 9.26. The van der Waals surface area contributed by atoms with Gasteiger partial charge >= 0.3 is 0 Å². The van der Waals surface area contributed by atoms with Crippen LogP contribution in [-0.2, 0) is 6.54 Å². The molecule has 1 aromatic carbocycles. The van der Waals surface area contributed by atoms with Crippen molar-refractivity contribution in [1.29, 1.82) is 0 Å². The Kier molecular flexibility index (Phi) is 7.47. The second-order valence-corrected chi connectivity index (χ2v) is 4.48. The Hall–Kier alpha value is -1.71. The third-order valence-corrected chi connectivity index (χ3v) is 2.65. The number of benzene rings is 1. The van der Waals surface area contributed by atoms with Crippen LogP contribution in [0.25, 0.3) is 0 Å².